The molecule has 0 radical (unpaired) electrons. The average Bonchev–Trinajstić information content (AvgIpc) is 1.88. The summed E-state index contributed by atoms with van der Waals surface area (Å²) in [5.74, 6) is 0.252. The molecule has 5 heteroatoms. The topological polar surface area (TPSA) is 83.6 Å². The lowest BCUT2D eigenvalue weighted by molar-refractivity contribution is 0.364. The van der Waals surface area contributed by atoms with Crippen LogP contribution in [0.1, 0.15) is 19.8 Å². The van der Waals surface area contributed by atoms with Crippen LogP contribution in [0.3, 0.4) is 0 Å². The second-order valence-electron chi connectivity index (χ2n) is 2.69. The molecule has 0 amide bonds. The van der Waals surface area contributed by atoms with Crippen molar-refractivity contribution in [3.05, 3.63) is 0 Å². The van der Waals surface area contributed by atoms with Gasteiger partial charge in [0.15, 0.2) is 0 Å². The average molecular weight is 181 g/mol. The van der Waals surface area contributed by atoms with Gasteiger partial charge in [-0.3, -0.25) is 4.57 Å². The van der Waals surface area contributed by atoms with Crippen molar-refractivity contribution < 1.29 is 14.4 Å². The Balaban J connectivity index is 3.59. The molecule has 0 fully saturated rings. The highest BCUT2D eigenvalue weighted by molar-refractivity contribution is 7.51. The van der Waals surface area contributed by atoms with Crippen molar-refractivity contribution in [3.63, 3.8) is 0 Å². The van der Waals surface area contributed by atoms with E-state index in [1.165, 1.54) is 0 Å². The van der Waals surface area contributed by atoms with Gasteiger partial charge < -0.3 is 15.5 Å². The molecule has 0 saturated carbocycles. The fraction of sp³-hybridized carbons (Fsp3) is 1.00. The third kappa shape index (κ3) is 6.51. The number of nitrogens with two attached hydrogens (primary N) is 1. The van der Waals surface area contributed by atoms with Gasteiger partial charge in [-0.05, 0) is 18.9 Å². The molecule has 0 aromatic rings. The van der Waals surface area contributed by atoms with Gasteiger partial charge in [0.2, 0.25) is 0 Å². The minimum Gasteiger partial charge on any atom is -0.330 e. The van der Waals surface area contributed by atoms with Crippen molar-refractivity contribution >= 4 is 7.60 Å². The molecule has 68 valence electrons. The molecule has 4 N–H and O–H groups in total. The second kappa shape index (κ2) is 4.88. The number of hydrogen-bond donors (Lipinski definition) is 3. The summed E-state index contributed by atoms with van der Waals surface area (Å²) in [5.41, 5.74) is 5.36. The molecule has 0 aromatic heterocycles. The fourth-order valence-electron chi connectivity index (χ4n) is 0.839. The maximum Gasteiger partial charge on any atom is 0.325 e. The third-order valence-corrected chi connectivity index (χ3v) is 2.58. The fourth-order valence-corrected chi connectivity index (χ4v) is 1.54. The van der Waals surface area contributed by atoms with E-state index in [1.807, 2.05) is 6.92 Å². The summed E-state index contributed by atoms with van der Waals surface area (Å²) < 4.78 is 10.4. The van der Waals surface area contributed by atoms with Crippen molar-refractivity contribution in [1.29, 1.82) is 0 Å². The van der Waals surface area contributed by atoms with Crippen molar-refractivity contribution in [2.24, 2.45) is 11.7 Å². The van der Waals surface area contributed by atoms with Gasteiger partial charge in [0.25, 0.3) is 0 Å². The van der Waals surface area contributed by atoms with Crippen LogP contribution in [0.4, 0.5) is 0 Å². The van der Waals surface area contributed by atoms with Gasteiger partial charge >= 0.3 is 7.60 Å². The van der Waals surface area contributed by atoms with E-state index in [1.54, 1.807) is 0 Å². The minimum absolute atomic E-state index is 0.0390. The lowest BCUT2D eigenvalue weighted by atomic mass is 10.0. The summed E-state index contributed by atoms with van der Waals surface area (Å²) in [6.07, 6.45) is 1.37. The molecule has 11 heavy (non-hydrogen) atoms. The van der Waals surface area contributed by atoms with Crippen LogP contribution < -0.4 is 5.73 Å². The standard InChI is InChI=1S/C6H16NO3P/c1-2-6(5-7)3-4-11(8,9)10/h6H,2-5,7H2,1H3,(H2,8,9,10). The molecule has 0 aliphatic rings. The van der Waals surface area contributed by atoms with Gasteiger partial charge in [0.1, 0.15) is 0 Å². The number of rotatable bonds is 5. The first-order valence-electron chi connectivity index (χ1n) is 3.74. The van der Waals surface area contributed by atoms with Crippen molar-refractivity contribution in [1.82, 2.24) is 0 Å². The van der Waals surface area contributed by atoms with Crippen LogP contribution in [-0.2, 0) is 4.57 Å². The Kier molecular flexibility index (Phi) is 4.93. The van der Waals surface area contributed by atoms with Gasteiger partial charge in [-0.1, -0.05) is 13.3 Å². The smallest absolute Gasteiger partial charge is 0.325 e. The molecule has 0 saturated heterocycles. The molecule has 1 unspecified atom stereocenters. The molecule has 0 spiro atoms. The zero-order valence-electron chi connectivity index (χ0n) is 6.73. The van der Waals surface area contributed by atoms with Gasteiger partial charge in [-0.2, -0.15) is 0 Å². The minimum atomic E-state index is -3.80. The van der Waals surface area contributed by atoms with Crippen molar-refractivity contribution in [3.8, 4) is 0 Å². The van der Waals surface area contributed by atoms with E-state index in [2.05, 4.69) is 0 Å². The normalized spacial score (nSPS) is 14.9. The van der Waals surface area contributed by atoms with Crippen LogP contribution in [0, 0.1) is 5.92 Å². The Morgan fingerprint density at radius 3 is 2.36 bits per heavy atom. The van der Waals surface area contributed by atoms with Crippen LogP contribution in [0.15, 0.2) is 0 Å². The SMILES string of the molecule is CCC(CN)CCP(=O)(O)O. The highest BCUT2D eigenvalue weighted by Gasteiger charge is 2.15. The Morgan fingerprint density at radius 2 is 2.09 bits per heavy atom. The molecule has 0 aliphatic carbocycles. The Bertz CT molecular complexity index is 141. The Hall–Kier alpha value is 0.110. The van der Waals surface area contributed by atoms with Gasteiger partial charge in [-0.25, -0.2) is 0 Å². The number of hydrogen-bond acceptors (Lipinski definition) is 2. The van der Waals surface area contributed by atoms with E-state index in [0.717, 1.165) is 6.42 Å². The van der Waals surface area contributed by atoms with Crippen molar-refractivity contribution in [2.75, 3.05) is 12.7 Å². The first kappa shape index (κ1) is 11.1. The summed E-state index contributed by atoms with van der Waals surface area (Å²) in [7, 11) is -3.80. The predicted octanol–water partition coefficient (Wildman–Crippen LogP) is 0.539. The zero-order valence-corrected chi connectivity index (χ0v) is 7.63. The molecular weight excluding hydrogens is 165 g/mol. The molecule has 0 rings (SSSR count). The van der Waals surface area contributed by atoms with Gasteiger partial charge in [0.05, 0.1) is 6.16 Å². The largest absolute Gasteiger partial charge is 0.330 e. The Labute approximate surface area is 67.0 Å². The molecule has 0 bridgehead atoms. The monoisotopic (exact) mass is 181 g/mol. The molecule has 0 aromatic carbocycles. The highest BCUT2D eigenvalue weighted by Crippen LogP contribution is 2.36. The highest BCUT2D eigenvalue weighted by atomic mass is 31.2. The molecule has 4 nitrogen and oxygen atoms in total. The van der Waals surface area contributed by atoms with Crippen LogP contribution in [0.25, 0.3) is 0 Å². The third-order valence-electron chi connectivity index (χ3n) is 1.74. The van der Waals surface area contributed by atoms with Crippen LogP contribution >= 0.6 is 7.60 Å². The van der Waals surface area contributed by atoms with Crippen molar-refractivity contribution in [2.45, 2.75) is 19.8 Å². The molecule has 1 atom stereocenters. The maximum atomic E-state index is 10.4. The molecule has 0 heterocycles. The zero-order chi connectivity index (χ0) is 8.91. The predicted molar refractivity (Wildman–Crippen MR) is 44.4 cm³/mol. The second-order valence-corrected chi connectivity index (χ2v) is 4.46. The maximum absolute atomic E-state index is 10.4. The van der Waals surface area contributed by atoms with Gasteiger partial charge in [-0.15, -0.1) is 0 Å². The summed E-state index contributed by atoms with van der Waals surface area (Å²) in [6.45, 7) is 2.48. The van der Waals surface area contributed by atoms with Crippen LogP contribution in [0.2, 0.25) is 0 Å². The summed E-state index contributed by atoms with van der Waals surface area (Å²) in [5, 5.41) is 0. The lowest BCUT2D eigenvalue weighted by Crippen LogP contribution is -2.14. The Morgan fingerprint density at radius 1 is 1.55 bits per heavy atom. The van der Waals surface area contributed by atoms with E-state index in [0.29, 0.717) is 13.0 Å². The summed E-state index contributed by atoms with van der Waals surface area (Å²) >= 11 is 0. The summed E-state index contributed by atoms with van der Waals surface area (Å²) in [4.78, 5) is 17.1. The van der Waals surface area contributed by atoms with E-state index >= 15 is 0 Å². The molecule has 0 aliphatic heterocycles. The van der Waals surface area contributed by atoms with Crippen LogP contribution in [0.5, 0.6) is 0 Å². The first-order valence-corrected chi connectivity index (χ1v) is 5.54. The quantitative estimate of drug-likeness (QED) is 0.540. The first-order chi connectivity index (χ1) is 4.99. The van der Waals surface area contributed by atoms with E-state index < -0.39 is 7.60 Å². The van der Waals surface area contributed by atoms with Gasteiger partial charge in [0, 0.05) is 0 Å². The van der Waals surface area contributed by atoms with E-state index in [-0.39, 0.29) is 12.1 Å². The lowest BCUT2D eigenvalue weighted by Gasteiger charge is -2.11. The molecular formula is C6H16NO3P. The van der Waals surface area contributed by atoms with Crippen LogP contribution in [-0.4, -0.2) is 22.5 Å². The van der Waals surface area contributed by atoms with E-state index in [4.69, 9.17) is 15.5 Å². The van der Waals surface area contributed by atoms with E-state index in [9.17, 15) is 4.57 Å². The summed E-state index contributed by atoms with van der Waals surface area (Å²) in [6, 6.07) is 0.